The lowest BCUT2D eigenvalue weighted by molar-refractivity contribution is 0.582. The molecule has 1 rings (SSSR count). The van der Waals surface area contributed by atoms with Crippen molar-refractivity contribution < 1.29 is 0 Å². The molecule has 0 aliphatic heterocycles. The zero-order valence-corrected chi connectivity index (χ0v) is 11.4. The number of rotatable bonds is 4. The number of nitrogens with two attached hydrogens (primary N) is 1. The largest absolute Gasteiger partial charge is 0.329 e. The van der Waals surface area contributed by atoms with Crippen molar-refractivity contribution in [2.45, 2.75) is 13.0 Å². The Labute approximate surface area is 110 Å². The van der Waals surface area contributed by atoms with Gasteiger partial charge in [0.1, 0.15) is 0 Å². The predicted molar refractivity (Wildman–Crippen MR) is 72.4 cm³/mol. The van der Waals surface area contributed by atoms with Gasteiger partial charge < -0.3 is 5.73 Å². The second-order valence-corrected chi connectivity index (χ2v) is 4.58. The van der Waals surface area contributed by atoms with Crippen LogP contribution in [0.2, 0.25) is 5.02 Å². The summed E-state index contributed by atoms with van der Waals surface area (Å²) >= 11 is 9.53. The molecule has 2 nitrogen and oxygen atoms in total. The standard InChI is InChI=1S/C12H14BrClN2/c1-2-3-6-16-12(8-15)10-5-4-9(13)7-11(10)14/h4-5,7,12,16H,6,8,15H2,1H3. The second-order valence-electron chi connectivity index (χ2n) is 3.26. The van der Waals surface area contributed by atoms with Crippen LogP contribution in [0.3, 0.4) is 0 Å². The minimum atomic E-state index is 0.0430. The normalized spacial score (nSPS) is 11.8. The quantitative estimate of drug-likeness (QED) is 0.839. The van der Waals surface area contributed by atoms with Gasteiger partial charge in [0.2, 0.25) is 0 Å². The summed E-state index contributed by atoms with van der Waals surface area (Å²) in [4.78, 5) is 0. The predicted octanol–water partition coefficient (Wildman–Crippen LogP) is 2.72. The minimum absolute atomic E-state index is 0.0430. The SMILES string of the molecule is CC#CCNC(CN)c1ccc(Br)cc1Cl. The van der Waals surface area contributed by atoms with Crippen molar-refractivity contribution in [3.8, 4) is 11.8 Å². The molecule has 0 bridgehead atoms. The zero-order chi connectivity index (χ0) is 12.0. The van der Waals surface area contributed by atoms with Gasteiger partial charge in [0, 0.05) is 22.1 Å². The van der Waals surface area contributed by atoms with E-state index in [2.05, 4.69) is 33.1 Å². The van der Waals surface area contributed by atoms with Gasteiger partial charge in [-0.1, -0.05) is 39.5 Å². The van der Waals surface area contributed by atoms with E-state index < -0.39 is 0 Å². The van der Waals surface area contributed by atoms with Crippen LogP contribution in [-0.2, 0) is 0 Å². The summed E-state index contributed by atoms with van der Waals surface area (Å²) in [6, 6.07) is 5.83. The van der Waals surface area contributed by atoms with Gasteiger partial charge in [-0.3, -0.25) is 5.32 Å². The van der Waals surface area contributed by atoms with E-state index in [1.165, 1.54) is 0 Å². The molecule has 0 aliphatic rings. The summed E-state index contributed by atoms with van der Waals surface area (Å²) in [5.74, 6) is 5.77. The molecule has 1 unspecified atom stereocenters. The van der Waals surface area contributed by atoms with Gasteiger partial charge in [0.25, 0.3) is 0 Å². The maximum absolute atomic E-state index is 6.15. The molecule has 0 fully saturated rings. The average Bonchev–Trinajstić information content (AvgIpc) is 2.26. The van der Waals surface area contributed by atoms with E-state index in [1.54, 1.807) is 0 Å². The van der Waals surface area contributed by atoms with E-state index in [-0.39, 0.29) is 6.04 Å². The summed E-state index contributed by atoms with van der Waals surface area (Å²) in [6.07, 6.45) is 0. The smallest absolute Gasteiger partial charge is 0.0581 e. The molecule has 0 radical (unpaired) electrons. The van der Waals surface area contributed by atoms with E-state index in [0.29, 0.717) is 18.1 Å². The van der Waals surface area contributed by atoms with Crippen molar-refractivity contribution >= 4 is 27.5 Å². The van der Waals surface area contributed by atoms with Crippen molar-refractivity contribution in [2.24, 2.45) is 5.73 Å². The average molecular weight is 302 g/mol. The first-order valence-electron chi connectivity index (χ1n) is 4.97. The topological polar surface area (TPSA) is 38.0 Å². The molecule has 0 saturated carbocycles. The first kappa shape index (κ1) is 13.5. The van der Waals surface area contributed by atoms with Crippen LogP contribution in [0.15, 0.2) is 22.7 Å². The van der Waals surface area contributed by atoms with Crippen LogP contribution < -0.4 is 11.1 Å². The maximum atomic E-state index is 6.15. The highest BCUT2D eigenvalue weighted by atomic mass is 79.9. The fourth-order valence-electron chi connectivity index (χ4n) is 1.37. The maximum Gasteiger partial charge on any atom is 0.0581 e. The van der Waals surface area contributed by atoms with Gasteiger partial charge in [0.05, 0.1) is 6.54 Å². The van der Waals surface area contributed by atoms with Crippen LogP contribution in [0, 0.1) is 11.8 Å². The molecule has 0 aromatic heterocycles. The Hall–Kier alpha value is -0.530. The highest BCUT2D eigenvalue weighted by Gasteiger charge is 2.11. The number of hydrogen-bond donors (Lipinski definition) is 2. The summed E-state index contributed by atoms with van der Waals surface area (Å²) in [7, 11) is 0. The van der Waals surface area contributed by atoms with Gasteiger partial charge >= 0.3 is 0 Å². The third kappa shape index (κ3) is 3.80. The summed E-state index contributed by atoms with van der Waals surface area (Å²) in [6.45, 7) is 2.92. The molecule has 0 aliphatic carbocycles. The lowest BCUT2D eigenvalue weighted by Gasteiger charge is -2.17. The van der Waals surface area contributed by atoms with Crippen LogP contribution in [0.25, 0.3) is 0 Å². The zero-order valence-electron chi connectivity index (χ0n) is 9.06. The molecule has 0 amide bonds. The molecule has 1 atom stereocenters. The van der Waals surface area contributed by atoms with Gasteiger partial charge in [-0.05, 0) is 24.6 Å². The van der Waals surface area contributed by atoms with Gasteiger partial charge in [0.15, 0.2) is 0 Å². The number of hydrogen-bond acceptors (Lipinski definition) is 2. The van der Waals surface area contributed by atoms with E-state index in [1.807, 2.05) is 25.1 Å². The lowest BCUT2D eigenvalue weighted by Crippen LogP contribution is -2.28. The van der Waals surface area contributed by atoms with E-state index in [0.717, 1.165) is 10.0 Å². The van der Waals surface area contributed by atoms with Crippen molar-refractivity contribution in [1.82, 2.24) is 5.32 Å². The Morgan fingerprint density at radius 2 is 2.31 bits per heavy atom. The molecule has 16 heavy (non-hydrogen) atoms. The van der Waals surface area contributed by atoms with E-state index in [4.69, 9.17) is 17.3 Å². The Morgan fingerprint density at radius 1 is 1.56 bits per heavy atom. The Kier molecular flexibility index (Phi) is 5.86. The van der Waals surface area contributed by atoms with Gasteiger partial charge in [-0.2, -0.15) is 0 Å². The Bertz CT molecular complexity index is 409. The molecule has 0 spiro atoms. The highest BCUT2D eigenvalue weighted by Crippen LogP contribution is 2.25. The van der Waals surface area contributed by atoms with Crippen LogP contribution in [-0.4, -0.2) is 13.1 Å². The number of halogens is 2. The van der Waals surface area contributed by atoms with Crippen LogP contribution in [0.4, 0.5) is 0 Å². The molecule has 1 aromatic carbocycles. The van der Waals surface area contributed by atoms with Crippen molar-refractivity contribution in [2.75, 3.05) is 13.1 Å². The lowest BCUT2D eigenvalue weighted by atomic mass is 10.1. The Balaban J connectivity index is 2.80. The molecule has 0 saturated heterocycles. The van der Waals surface area contributed by atoms with Crippen molar-refractivity contribution in [1.29, 1.82) is 0 Å². The van der Waals surface area contributed by atoms with Crippen molar-refractivity contribution in [3.63, 3.8) is 0 Å². The van der Waals surface area contributed by atoms with Gasteiger partial charge in [-0.25, -0.2) is 0 Å². The molecule has 0 heterocycles. The third-order valence-corrected chi connectivity index (χ3v) is 3.01. The number of benzene rings is 1. The third-order valence-electron chi connectivity index (χ3n) is 2.19. The van der Waals surface area contributed by atoms with Crippen LogP contribution >= 0.6 is 27.5 Å². The Morgan fingerprint density at radius 3 is 2.88 bits per heavy atom. The highest BCUT2D eigenvalue weighted by molar-refractivity contribution is 9.10. The molecule has 4 heteroatoms. The van der Waals surface area contributed by atoms with E-state index in [9.17, 15) is 0 Å². The number of nitrogens with one attached hydrogen (secondary N) is 1. The van der Waals surface area contributed by atoms with Crippen LogP contribution in [0.5, 0.6) is 0 Å². The monoisotopic (exact) mass is 300 g/mol. The van der Waals surface area contributed by atoms with Crippen LogP contribution in [0.1, 0.15) is 18.5 Å². The summed E-state index contributed by atoms with van der Waals surface area (Å²) < 4.78 is 0.963. The first-order valence-corrected chi connectivity index (χ1v) is 6.14. The van der Waals surface area contributed by atoms with Gasteiger partial charge in [-0.15, -0.1) is 5.92 Å². The molecule has 86 valence electrons. The van der Waals surface area contributed by atoms with E-state index >= 15 is 0 Å². The van der Waals surface area contributed by atoms with Crippen molar-refractivity contribution in [3.05, 3.63) is 33.3 Å². The summed E-state index contributed by atoms with van der Waals surface area (Å²) in [5.41, 5.74) is 6.72. The first-order chi connectivity index (χ1) is 7.69. The second kappa shape index (κ2) is 6.93. The minimum Gasteiger partial charge on any atom is -0.329 e. The molecule has 1 aromatic rings. The molecular weight excluding hydrogens is 288 g/mol. The fourth-order valence-corrected chi connectivity index (χ4v) is 2.17. The molecular formula is C12H14BrClN2. The fraction of sp³-hybridized carbons (Fsp3) is 0.333. The summed E-state index contributed by atoms with van der Waals surface area (Å²) in [5, 5.41) is 3.96. The molecule has 3 N–H and O–H groups in total.